The summed E-state index contributed by atoms with van der Waals surface area (Å²) in [5.41, 5.74) is 17.8. The molecule has 0 saturated carbocycles. The Labute approximate surface area is 271 Å². The van der Waals surface area contributed by atoms with E-state index in [2.05, 4.69) is 133 Å². The summed E-state index contributed by atoms with van der Waals surface area (Å²) in [7, 11) is 0. The number of benzene rings is 7. The summed E-state index contributed by atoms with van der Waals surface area (Å²) in [6, 6.07) is 51.0. The molecule has 4 aliphatic rings. The van der Waals surface area contributed by atoms with Crippen molar-refractivity contribution in [1.82, 2.24) is 0 Å². The predicted octanol–water partition coefficient (Wildman–Crippen LogP) is 11.2. The van der Waals surface area contributed by atoms with Crippen molar-refractivity contribution in [2.75, 3.05) is 0 Å². The molecule has 0 N–H and O–H groups in total. The Morgan fingerprint density at radius 2 is 0.809 bits per heavy atom. The molecule has 0 aliphatic heterocycles. The van der Waals surface area contributed by atoms with E-state index in [4.69, 9.17) is 0 Å². The van der Waals surface area contributed by atoms with Crippen LogP contribution in [0.3, 0.4) is 0 Å². The van der Waals surface area contributed by atoms with E-state index in [1.54, 1.807) is 0 Å². The summed E-state index contributed by atoms with van der Waals surface area (Å²) < 4.78 is 30.9. The predicted molar refractivity (Wildman–Crippen MR) is 184 cm³/mol. The van der Waals surface area contributed by atoms with Gasteiger partial charge in [0.05, 0.1) is 5.41 Å². The van der Waals surface area contributed by atoms with E-state index >= 15 is 8.78 Å². The molecule has 0 amide bonds. The van der Waals surface area contributed by atoms with Crippen molar-refractivity contribution in [2.45, 2.75) is 17.3 Å². The van der Waals surface area contributed by atoms with Crippen molar-refractivity contribution in [3.8, 4) is 44.5 Å². The molecule has 0 saturated heterocycles. The Hall–Kier alpha value is -5.60. The third kappa shape index (κ3) is 2.94. The largest absolute Gasteiger partial charge is 0.204 e. The van der Waals surface area contributed by atoms with Gasteiger partial charge in [-0.1, -0.05) is 133 Å². The summed E-state index contributed by atoms with van der Waals surface area (Å²) in [6.07, 6.45) is 0. The summed E-state index contributed by atoms with van der Waals surface area (Å²) in [4.78, 5) is 0. The maximum atomic E-state index is 15.5. The normalized spacial score (nSPS) is 17.7. The minimum absolute atomic E-state index is 0.0503. The lowest BCUT2D eigenvalue weighted by atomic mass is 9.60. The lowest BCUT2D eigenvalue weighted by Crippen LogP contribution is -2.27. The van der Waals surface area contributed by atoms with E-state index in [0.29, 0.717) is 0 Å². The molecule has 220 valence electrons. The van der Waals surface area contributed by atoms with Gasteiger partial charge in [-0.15, -0.1) is 0 Å². The number of hydrogen-bond donors (Lipinski definition) is 0. The molecule has 11 rings (SSSR count). The molecule has 2 heteroatoms. The monoisotopic (exact) mass is 604 g/mol. The minimum atomic E-state index is -0.812. The zero-order valence-corrected chi connectivity index (χ0v) is 25.3. The van der Waals surface area contributed by atoms with Gasteiger partial charge in [0.2, 0.25) is 0 Å². The van der Waals surface area contributed by atoms with E-state index in [0.717, 1.165) is 38.9 Å². The van der Waals surface area contributed by atoms with Gasteiger partial charge in [0, 0.05) is 11.8 Å². The van der Waals surface area contributed by atoms with Crippen molar-refractivity contribution in [1.29, 1.82) is 0 Å². The van der Waals surface area contributed by atoms with Gasteiger partial charge in [-0.3, -0.25) is 0 Å². The number of hydrogen-bond acceptors (Lipinski definition) is 0. The second-order valence-corrected chi connectivity index (χ2v) is 13.3. The number of rotatable bonds is 0. The highest BCUT2D eigenvalue weighted by Gasteiger charge is 2.53. The Balaban J connectivity index is 1.31. The fraction of sp³-hybridized carbons (Fsp3) is 0.0667. The highest BCUT2D eigenvalue weighted by molar-refractivity contribution is 6.02. The zero-order chi connectivity index (χ0) is 31.0. The molecule has 0 radical (unpaired) electrons. The Morgan fingerprint density at radius 1 is 0.340 bits per heavy atom. The van der Waals surface area contributed by atoms with Crippen LogP contribution in [0.1, 0.15) is 56.3 Å². The third-order valence-electron chi connectivity index (χ3n) is 11.4. The fourth-order valence-corrected chi connectivity index (χ4v) is 9.87. The van der Waals surface area contributed by atoms with Crippen LogP contribution >= 0.6 is 0 Å². The van der Waals surface area contributed by atoms with Gasteiger partial charge in [-0.25, -0.2) is 8.78 Å². The first-order valence-electron chi connectivity index (χ1n) is 16.3. The fourth-order valence-electron chi connectivity index (χ4n) is 9.87. The van der Waals surface area contributed by atoms with Gasteiger partial charge in [0.1, 0.15) is 0 Å². The van der Waals surface area contributed by atoms with E-state index < -0.39 is 17.0 Å². The maximum absolute atomic E-state index is 15.5. The van der Waals surface area contributed by atoms with Crippen LogP contribution in [0, 0.1) is 11.6 Å². The summed E-state index contributed by atoms with van der Waals surface area (Å²) in [5.74, 6) is -1.81. The Bertz CT molecular complexity index is 2470. The average Bonchev–Trinajstić information content (AvgIpc) is 3.59. The van der Waals surface area contributed by atoms with Crippen molar-refractivity contribution < 1.29 is 8.78 Å². The van der Waals surface area contributed by atoms with E-state index in [9.17, 15) is 0 Å². The molecule has 2 atom stereocenters. The zero-order valence-electron chi connectivity index (χ0n) is 25.3. The minimum Gasteiger partial charge on any atom is -0.204 e. The highest BCUT2D eigenvalue weighted by atomic mass is 19.2. The van der Waals surface area contributed by atoms with Crippen molar-refractivity contribution in [2.24, 2.45) is 0 Å². The first kappa shape index (κ1) is 25.6. The lowest BCUT2D eigenvalue weighted by Gasteiger charge is -2.42. The molecule has 4 aliphatic carbocycles. The number of fused-ring (bicyclic) bond motifs is 22. The van der Waals surface area contributed by atoms with E-state index in [1.807, 2.05) is 0 Å². The van der Waals surface area contributed by atoms with Crippen LogP contribution in [0.4, 0.5) is 8.78 Å². The Morgan fingerprint density at radius 3 is 1.43 bits per heavy atom. The van der Waals surface area contributed by atoms with Gasteiger partial charge >= 0.3 is 0 Å². The SMILES string of the molecule is Fc1cc2c(cc1F)C1c3ccccc3-c3ccccc3C1c1ccc3c(c1-2)-c1ccccc1C31c2ccccc2-c2ccccc21. The van der Waals surface area contributed by atoms with Crippen LogP contribution in [0.25, 0.3) is 44.5 Å². The van der Waals surface area contributed by atoms with Gasteiger partial charge in [-0.2, -0.15) is 0 Å². The molecule has 47 heavy (non-hydrogen) atoms. The van der Waals surface area contributed by atoms with E-state index in [1.165, 1.54) is 62.2 Å². The van der Waals surface area contributed by atoms with Gasteiger partial charge in [0.25, 0.3) is 0 Å². The number of halogens is 2. The maximum Gasteiger partial charge on any atom is 0.159 e. The molecule has 0 heterocycles. The topological polar surface area (TPSA) is 0 Å². The molecule has 2 unspecified atom stereocenters. The van der Waals surface area contributed by atoms with Crippen LogP contribution in [-0.4, -0.2) is 0 Å². The summed E-state index contributed by atoms with van der Waals surface area (Å²) in [6.45, 7) is 0. The quantitative estimate of drug-likeness (QED) is 0.162. The van der Waals surface area contributed by atoms with Gasteiger partial charge in [0.15, 0.2) is 11.6 Å². The Kier molecular flexibility index (Phi) is 4.79. The molecular weight excluding hydrogens is 578 g/mol. The molecule has 7 aromatic carbocycles. The van der Waals surface area contributed by atoms with Gasteiger partial charge < -0.3 is 0 Å². The smallest absolute Gasteiger partial charge is 0.159 e. The first-order chi connectivity index (χ1) is 23.2. The molecule has 0 fully saturated rings. The molecule has 7 aromatic rings. The highest BCUT2D eigenvalue weighted by Crippen LogP contribution is 2.67. The van der Waals surface area contributed by atoms with Crippen LogP contribution in [0.5, 0.6) is 0 Å². The van der Waals surface area contributed by atoms with Crippen molar-refractivity contribution in [3.05, 3.63) is 202 Å². The first-order valence-corrected chi connectivity index (χ1v) is 16.3. The van der Waals surface area contributed by atoms with Crippen LogP contribution in [-0.2, 0) is 5.41 Å². The standard InChI is InChI=1S/C45H26F2/c46-39-23-33-34(24-40(39)47)43-32(41-29-15-3-1-11-25(29)26-12-2-4-16-30(26)42(33)41)21-22-38-44(43)31-17-7-10-20-37(31)45(38)35-18-8-5-13-27(35)28-14-6-9-19-36(28)45/h1-24,41-42H. The average molecular weight is 605 g/mol. The molecule has 0 nitrogen and oxygen atoms in total. The second-order valence-electron chi connectivity index (χ2n) is 13.3. The molecule has 0 bridgehead atoms. The summed E-state index contributed by atoms with van der Waals surface area (Å²) >= 11 is 0. The van der Waals surface area contributed by atoms with Crippen LogP contribution < -0.4 is 0 Å². The van der Waals surface area contributed by atoms with Crippen LogP contribution in [0.15, 0.2) is 146 Å². The molecular formula is C45H26F2. The van der Waals surface area contributed by atoms with Crippen molar-refractivity contribution in [3.63, 3.8) is 0 Å². The van der Waals surface area contributed by atoms with Crippen molar-refractivity contribution >= 4 is 0 Å². The second kappa shape index (κ2) is 8.80. The van der Waals surface area contributed by atoms with E-state index in [-0.39, 0.29) is 11.8 Å². The third-order valence-corrected chi connectivity index (χ3v) is 11.4. The molecule has 1 spiro atoms. The van der Waals surface area contributed by atoms with Gasteiger partial charge in [-0.05, 0) is 101 Å². The molecule has 0 aromatic heterocycles. The lowest BCUT2D eigenvalue weighted by molar-refractivity contribution is 0.505. The van der Waals surface area contributed by atoms with Crippen LogP contribution in [0.2, 0.25) is 0 Å². The summed E-state index contributed by atoms with van der Waals surface area (Å²) in [5, 5.41) is 0.